The quantitative estimate of drug-likeness (QED) is 0.521. The summed E-state index contributed by atoms with van der Waals surface area (Å²) in [4.78, 5) is 26.8. The Kier molecular flexibility index (Phi) is 7.02. The van der Waals surface area contributed by atoms with E-state index >= 15 is 0 Å². The first kappa shape index (κ1) is 22.9. The third-order valence-electron chi connectivity index (χ3n) is 5.50. The van der Waals surface area contributed by atoms with E-state index in [1.165, 1.54) is 16.2 Å². The molecule has 1 aliphatic carbocycles. The van der Waals surface area contributed by atoms with E-state index in [-0.39, 0.29) is 24.5 Å². The van der Waals surface area contributed by atoms with Gasteiger partial charge in [-0.2, -0.15) is 0 Å². The molecule has 33 heavy (non-hydrogen) atoms. The number of amides is 2. The molecule has 0 spiro atoms. The summed E-state index contributed by atoms with van der Waals surface area (Å²) in [5.74, 6) is 0.861. The summed E-state index contributed by atoms with van der Waals surface area (Å²) >= 11 is 1.51. The number of hydrogen-bond donors (Lipinski definition) is 2. The molecule has 174 valence electrons. The van der Waals surface area contributed by atoms with Gasteiger partial charge in [-0.05, 0) is 86.7 Å². The molecule has 0 saturated carbocycles. The van der Waals surface area contributed by atoms with Gasteiger partial charge in [0.05, 0.1) is 11.6 Å². The number of ether oxygens (including phenoxy) is 1. The molecule has 0 atom stereocenters. The average Bonchev–Trinajstić information content (AvgIpc) is 3.42. The lowest BCUT2D eigenvalue weighted by Gasteiger charge is -2.13. The number of hydrogen-bond acceptors (Lipinski definition) is 7. The van der Waals surface area contributed by atoms with Gasteiger partial charge in [-0.3, -0.25) is 9.59 Å². The molecule has 0 saturated heterocycles. The molecular weight excluding hydrogens is 440 g/mol. The molecule has 2 aromatic heterocycles. The summed E-state index contributed by atoms with van der Waals surface area (Å²) in [6.45, 7) is 6.65. The molecule has 0 radical (unpaired) electrons. The Morgan fingerprint density at radius 1 is 1.15 bits per heavy atom. The van der Waals surface area contributed by atoms with E-state index in [0.29, 0.717) is 34.2 Å². The van der Waals surface area contributed by atoms with Crippen molar-refractivity contribution in [2.75, 3.05) is 11.9 Å². The molecule has 9 nitrogen and oxygen atoms in total. The van der Waals surface area contributed by atoms with Gasteiger partial charge in [-0.15, -0.1) is 16.4 Å². The molecule has 2 heterocycles. The average molecular weight is 469 g/mol. The second-order valence-corrected chi connectivity index (χ2v) is 9.28. The standard InChI is InChI=1S/C23H28N6O3S/c1-4-24-22(31)20-17-7-5-6-8-18(17)33-23(20)25-21(30)15-9-11-16(12-10-15)32-13-19-26-27-28-29(19)14(2)3/h9-12,14H,4-8,13H2,1-3H3,(H,24,31)(H,25,30). The molecule has 0 fully saturated rings. The van der Waals surface area contributed by atoms with Crippen molar-refractivity contribution in [2.45, 2.75) is 59.1 Å². The SMILES string of the molecule is CCNC(=O)c1c(NC(=O)c2ccc(OCc3nnnn3C(C)C)cc2)sc2c1CCCC2. The van der Waals surface area contributed by atoms with Gasteiger partial charge in [0, 0.05) is 17.0 Å². The van der Waals surface area contributed by atoms with Gasteiger partial charge in [0.25, 0.3) is 11.8 Å². The zero-order valence-electron chi connectivity index (χ0n) is 19.1. The van der Waals surface area contributed by atoms with Crippen molar-refractivity contribution in [3.8, 4) is 5.75 Å². The molecule has 2 amide bonds. The summed E-state index contributed by atoms with van der Waals surface area (Å²) in [6, 6.07) is 7.02. The van der Waals surface area contributed by atoms with E-state index in [4.69, 9.17) is 4.74 Å². The number of nitrogens with zero attached hydrogens (tertiary/aromatic N) is 4. The number of nitrogens with one attached hydrogen (secondary N) is 2. The van der Waals surface area contributed by atoms with Crippen molar-refractivity contribution in [1.29, 1.82) is 0 Å². The number of carbonyl (C=O) groups is 2. The van der Waals surface area contributed by atoms with Gasteiger partial charge in [-0.25, -0.2) is 4.68 Å². The van der Waals surface area contributed by atoms with Crippen molar-refractivity contribution in [3.05, 3.63) is 51.7 Å². The fourth-order valence-electron chi connectivity index (χ4n) is 3.88. The molecule has 3 aromatic rings. The lowest BCUT2D eigenvalue weighted by Crippen LogP contribution is -2.25. The molecule has 0 bridgehead atoms. The van der Waals surface area contributed by atoms with E-state index in [2.05, 4.69) is 26.2 Å². The van der Waals surface area contributed by atoms with Gasteiger partial charge >= 0.3 is 0 Å². The summed E-state index contributed by atoms with van der Waals surface area (Å²) in [7, 11) is 0. The van der Waals surface area contributed by atoms with Crippen LogP contribution in [0.1, 0.15) is 76.6 Å². The lowest BCUT2D eigenvalue weighted by molar-refractivity contribution is 0.0956. The Labute approximate surface area is 196 Å². The highest BCUT2D eigenvalue weighted by Gasteiger charge is 2.26. The highest BCUT2D eigenvalue weighted by Crippen LogP contribution is 2.38. The van der Waals surface area contributed by atoms with Crippen molar-refractivity contribution in [1.82, 2.24) is 25.5 Å². The van der Waals surface area contributed by atoms with Crippen LogP contribution in [0.5, 0.6) is 5.75 Å². The predicted molar refractivity (Wildman–Crippen MR) is 126 cm³/mol. The zero-order chi connectivity index (χ0) is 23.4. The Morgan fingerprint density at radius 2 is 1.91 bits per heavy atom. The number of aryl methyl sites for hydroxylation is 1. The van der Waals surface area contributed by atoms with Crippen molar-refractivity contribution < 1.29 is 14.3 Å². The number of thiophene rings is 1. The van der Waals surface area contributed by atoms with E-state index in [9.17, 15) is 9.59 Å². The van der Waals surface area contributed by atoms with Crippen LogP contribution in [0.3, 0.4) is 0 Å². The lowest BCUT2D eigenvalue weighted by atomic mass is 9.95. The topological polar surface area (TPSA) is 111 Å². The smallest absolute Gasteiger partial charge is 0.256 e. The normalized spacial score (nSPS) is 13.0. The van der Waals surface area contributed by atoms with E-state index in [0.717, 1.165) is 31.2 Å². The number of rotatable bonds is 8. The van der Waals surface area contributed by atoms with Crippen molar-refractivity contribution >= 4 is 28.2 Å². The Hall–Kier alpha value is -3.27. The molecule has 10 heteroatoms. The van der Waals surface area contributed by atoms with Gasteiger partial charge in [-0.1, -0.05) is 0 Å². The summed E-state index contributed by atoms with van der Waals surface area (Å²) in [5, 5.41) is 18.1. The fraction of sp³-hybridized carbons (Fsp3) is 0.435. The van der Waals surface area contributed by atoms with Crippen LogP contribution in [0.2, 0.25) is 0 Å². The second kappa shape index (κ2) is 10.1. The Bertz CT molecular complexity index is 1140. The third-order valence-corrected chi connectivity index (χ3v) is 6.70. The van der Waals surface area contributed by atoms with Crippen LogP contribution in [0, 0.1) is 0 Å². The minimum atomic E-state index is -0.255. The molecular formula is C23H28N6O3S. The van der Waals surface area contributed by atoms with Crippen LogP contribution >= 0.6 is 11.3 Å². The maximum absolute atomic E-state index is 12.9. The van der Waals surface area contributed by atoms with Crippen LogP contribution in [0.4, 0.5) is 5.00 Å². The van der Waals surface area contributed by atoms with Crippen LogP contribution in [0.15, 0.2) is 24.3 Å². The number of carbonyl (C=O) groups excluding carboxylic acids is 2. The van der Waals surface area contributed by atoms with Crippen molar-refractivity contribution in [3.63, 3.8) is 0 Å². The third kappa shape index (κ3) is 5.05. The highest BCUT2D eigenvalue weighted by atomic mass is 32.1. The van der Waals surface area contributed by atoms with Gasteiger partial charge in [0.1, 0.15) is 17.4 Å². The van der Waals surface area contributed by atoms with E-state index < -0.39 is 0 Å². The summed E-state index contributed by atoms with van der Waals surface area (Å²) in [5.41, 5.74) is 2.19. The highest BCUT2D eigenvalue weighted by molar-refractivity contribution is 7.17. The fourth-order valence-corrected chi connectivity index (χ4v) is 5.16. The largest absolute Gasteiger partial charge is 0.486 e. The van der Waals surface area contributed by atoms with E-state index in [1.807, 2.05) is 20.8 Å². The molecule has 0 aliphatic heterocycles. The molecule has 2 N–H and O–H groups in total. The van der Waals surface area contributed by atoms with Gasteiger partial charge in [0.2, 0.25) is 0 Å². The maximum Gasteiger partial charge on any atom is 0.256 e. The number of anilines is 1. The maximum atomic E-state index is 12.9. The van der Waals surface area contributed by atoms with Crippen LogP contribution in [-0.2, 0) is 19.4 Å². The molecule has 1 aliphatic rings. The number of aromatic nitrogens is 4. The minimum Gasteiger partial charge on any atom is -0.486 e. The molecule has 0 unspecified atom stereocenters. The second-order valence-electron chi connectivity index (χ2n) is 8.18. The Morgan fingerprint density at radius 3 is 2.64 bits per heavy atom. The monoisotopic (exact) mass is 468 g/mol. The number of tetrazole rings is 1. The number of benzene rings is 1. The van der Waals surface area contributed by atoms with E-state index in [1.54, 1.807) is 28.9 Å². The predicted octanol–water partition coefficient (Wildman–Crippen LogP) is 3.78. The first-order chi connectivity index (χ1) is 16.0. The van der Waals surface area contributed by atoms with Crippen LogP contribution < -0.4 is 15.4 Å². The summed E-state index contributed by atoms with van der Waals surface area (Å²) in [6.07, 6.45) is 4.00. The molecule has 1 aromatic carbocycles. The van der Waals surface area contributed by atoms with Gasteiger partial charge in [0.15, 0.2) is 5.82 Å². The first-order valence-electron chi connectivity index (χ1n) is 11.2. The zero-order valence-corrected chi connectivity index (χ0v) is 19.9. The Balaban J connectivity index is 1.45. The van der Waals surface area contributed by atoms with Crippen molar-refractivity contribution in [2.24, 2.45) is 0 Å². The first-order valence-corrected chi connectivity index (χ1v) is 12.0. The van der Waals surface area contributed by atoms with Gasteiger partial charge < -0.3 is 15.4 Å². The number of fused-ring (bicyclic) bond motifs is 1. The van der Waals surface area contributed by atoms with Crippen LogP contribution in [-0.4, -0.2) is 38.6 Å². The summed E-state index contributed by atoms with van der Waals surface area (Å²) < 4.78 is 7.48. The minimum absolute atomic E-state index is 0.125. The molecule has 4 rings (SSSR count). The van der Waals surface area contributed by atoms with Crippen LogP contribution in [0.25, 0.3) is 0 Å².